The number of amides is 4. The summed E-state index contributed by atoms with van der Waals surface area (Å²) in [6, 6.07) is 2.59. The third-order valence-corrected chi connectivity index (χ3v) is 3.78. The van der Waals surface area contributed by atoms with Crippen molar-refractivity contribution in [1.82, 2.24) is 10.2 Å². The lowest BCUT2D eigenvalue weighted by atomic mass is 10.1. The zero-order chi connectivity index (χ0) is 15.1. The molecule has 0 unspecified atom stereocenters. The molecular weight excluding hydrogens is 344 g/mol. The fourth-order valence-corrected chi connectivity index (χ4v) is 2.38. The van der Waals surface area contributed by atoms with E-state index in [-0.39, 0.29) is 12.4 Å². The van der Waals surface area contributed by atoms with Gasteiger partial charge < -0.3 is 9.47 Å². The van der Waals surface area contributed by atoms with Gasteiger partial charge in [0.05, 0.1) is 0 Å². The van der Waals surface area contributed by atoms with Crippen LogP contribution in [0.1, 0.15) is 5.56 Å². The highest BCUT2D eigenvalue weighted by molar-refractivity contribution is 9.10. The summed E-state index contributed by atoms with van der Waals surface area (Å²) in [6.45, 7) is 0.123. The molecule has 1 aromatic rings. The molecule has 2 aliphatic heterocycles. The van der Waals surface area contributed by atoms with Gasteiger partial charge in [0.15, 0.2) is 11.5 Å². The van der Waals surface area contributed by atoms with Crippen molar-refractivity contribution < 1.29 is 23.9 Å². The van der Waals surface area contributed by atoms with Crippen molar-refractivity contribution in [1.29, 1.82) is 0 Å². The third-order valence-electron chi connectivity index (χ3n) is 3.10. The number of urea groups is 1. The summed E-state index contributed by atoms with van der Waals surface area (Å²) in [5, 5.41) is 2.09. The zero-order valence-corrected chi connectivity index (χ0v) is 12.4. The number of nitrogens with one attached hydrogen (secondary N) is 1. The lowest BCUT2D eigenvalue weighted by molar-refractivity contribution is -0.129. The molecule has 0 atom stereocenters. The Morgan fingerprint density at radius 1 is 1.24 bits per heavy atom. The number of carbonyl (C=O) groups excluding carboxylic acids is 3. The van der Waals surface area contributed by atoms with Gasteiger partial charge in [-0.1, -0.05) is 15.9 Å². The van der Waals surface area contributed by atoms with Crippen molar-refractivity contribution in [2.24, 2.45) is 0 Å². The minimum atomic E-state index is -0.744. The predicted octanol–water partition coefficient (Wildman–Crippen LogP) is 1.27. The Hall–Kier alpha value is -2.35. The quantitative estimate of drug-likeness (QED) is 0.607. The molecule has 7 nitrogen and oxygen atoms in total. The van der Waals surface area contributed by atoms with E-state index < -0.39 is 17.8 Å². The van der Waals surface area contributed by atoms with Crippen LogP contribution in [0.5, 0.6) is 11.5 Å². The molecule has 0 radical (unpaired) electrons. The Balaban J connectivity index is 2.03. The van der Waals surface area contributed by atoms with E-state index >= 15 is 0 Å². The molecule has 1 N–H and O–H groups in total. The van der Waals surface area contributed by atoms with Gasteiger partial charge in [0.25, 0.3) is 11.8 Å². The standard InChI is InChI=1S/C13H9BrN2O5/c1-16-12(18)7(11(17)15-13(16)19)2-6-3-9-10(4-8(6)14)21-5-20-9/h2-4H,5H2,1H3,(H,15,17,19)/b7-2+. The Morgan fingerprint density at radius 2 is 1.90 bits per heavy atom. The van der Waals surface area contributed by atoms with Gasteiger partial charge in [-0.05, 0) is 23.8 Å². The number of ether oxygens (including phenoxy) is 2. The first-order valence-corrected chi connectivity index (χ1v) is 6.71. The van der Waals surface area contributed by atoms with Crippen molar-refractivity contribution in [2.75, 3.05) is 13.8 Å². The SMILES string of the molecule is CN1C(=O)NC(=O)/C(=C\c2cc3c(cc2Br)OCO3)C1=O. The summed E-state index contributed by atoms with van der Waals surface area (Å²) in [6.07, 6.45) is 1.40. The first kappa shape index (κ1) is 13.6. The van der Waals surface area contributed by atoms with E-state index in [1.54, 1.807) is 12.1 Å². The molecule has 1 saturated heterocycles. The first-order chi connectivity index (χ1) is 9.97. The van der Waals surface area contributed by atoms with Crippen molar-refractivity contribution in [3.05, 3.63) is 27.7 Å². The number of nitrogens with zero attached hydrogens (tertiary/aromatic N) is 1. The number of fused-ring (bicyclic) bond motifs is 1. The highest BCUT2D eigenvalue weighted by Gasteiger charge is 2.33. The minimum Gasteiger partial charge on any atom is -0.454 e. The Kier molecular flexibility index (Phi) is 3.17. The van der Waals surface area contributed by atoms with E-state index in [9.17, 15) is 14.4 Å². The lowest BCUT2D eigenvalue weighted by Crippen LogP contribution is -2.52. The van der Waals surface area contributed by atoms with E-state index in [1.165, 1.54) is 13.1 Å². The van der Waals surface area contributed by atoms with Crippen LogP contribution in [0.15, 0.2) is 22.2 Å². The second kappa shape index (κ2) is 4.88. The number of hydrogen-bond donors (Lipinski definition) is 1. The van der Waals surface area contributed by atoms with Gasteiger partial charge in [0, 0.05) is 11.5 Å². The van der Waals surface area contributed by atoms with E-state index in [2.05, 4.69) is 21.2 Å². The zero-order valence-electron chi connectivity index (χ0n) is 10.8. The molecule has 0 bridgehead atoms. The summed E-state index contributed by atoms with van der Waals surface area (Å²) < 4.78 is 11.1. The number of imide groups is 2. The van der Waals surface area contributed by atoms with Crippen molar-refractivity contribution in [3.63, 3.8) is 0 Å². The average molecular weight is 353 g/mol. The van der Waals surface area contributed by atoms with Crippen molar-refractivity contribution >= 4 is 39.9 Å². The predicted molar refractivity (Wildman–Crippen MR) is 74.6 cm³/mol. The second-order valence-corrected chi connectivity index (χ2v) is 5.26. The fraction of sp³-hybridized carbons (Fsp3) is 0.154. The van der Waals surface area contributed by atoms with E-state index in [0.717, 1.165) is 4.90 Å². The highest BCUT2D eigenvalue weighted by Crippen LogP contribution is 2.37. The number of halogens is 1. The Bertz CT molecular complexity index is 713. The molecule has 108 valence electrons. The number of likely N-dealkylation sites (N-methyl/N-ethyl adjacent to an activating group) is 1. The molecule has 21 heavy (non-hydrogen) atoms. The largest absolute Gasteiger partial charge is 0.454 e. The minimum absolute atomic E-state index is 0.123. The van der Waals surface area contributed by atoms with Crippen molar-refractivity contribution in [3.8, 4) is 11.5 Å². The number of hydrogen-bond acceptors (Lipinski definition) is 5. The monoisotopic (exact) mass is 352 g/mol. The molecule has 4 amide bonds. The summed E-state index contributed by atoms with van der Waals surface area (Å²) in [5.41, 5.74) is 0.442. The Labute approximate surface area is 127 Å². The van der Waals surface area contributed by atoms with E-state index in [1.807, 2.05) is 0 Å². The topological polar surface area (TPSA) is 84.9 Å². The van der Waals surface area contributed by atoms with Crippen LogP contribution in [-0.4, -0.2) is 36.6 Å². The van der Waals surface area contributed by atoms with Crippen LogP contribution in [0, 0.1) is 0 Å². The molecule has 3 rings (SSSR count). The van der Waals surface area contributed by atoms with E-state index in [0.29, 0.717) is 21.5 Å². The van der Waals surface area contributed by atoms with Crippen LogP contribution in [0.2, 0.25) is 0 Å². The smallest absolute Gasteiger partial charge is 0.331 e. The van der Waals surface area contributed by atoms with Gasteiger partial charge in [-0.3, -0.25) is 19.8 Å². The number of carbonyl (C=O) groups is 3. The van der Waals surface area contributed by atoms with Gasteiger partial charge in [-0.15, -0.1) is 0 Å². The fourth-order valence-electron chi connectivity index (χ4n) is 1.94. The highest BCUT2D eigenvalue weighted by atomic mass is 79.9. The van der Waals surface area contributed by atoms with Crippen LogP contribution in [0.4, 0.5) is 4.79 Å². The molecule has 0 spiro atoms. The number of barbiturate groups is 1. The van der Waals surface area contributed by atoms with Crippen LogP contribution < -0.4 is 14.8 Å². The van der Waals surface area contributed by atoms with Gasteiger partial charge in [0.1, 0.15) is 5.57 Å². The van der Waals surface area contributed by atoms with Crippen LogP contribution in [0.25, 0.3) is 6.08 Å². The summed E-state index contributed by atoms with van der Waals surface area (Å²) in [5.74, 6) is -0.283. The molecule has 0 aliphatic carbocycles. The number of rotatable bonds is 1. The van der Waals surface area contributed by atoms with Crippen molar-refractivity contribution in [2.45, 2.75) is 0 Å². The number of benzene rings is 1. The van der Waals surface area contributed by atoms with Gasteiger partial charge in [0.2, 0.25) is 6.79 Å². The van der Waals surface area contributed by atoms with Gasteiger partial charge in [-0.25, -0.2) is 4.79 Å². The summed E-state index contributed by atoms with van der Waals surface area (Å²) >= 11 is 3.34. The third kappa shape index (κ3) is 2.27. The summed E-state index contributed by atoms with van der Waals surface area (Å²) in [7, 11) is 1.30. The lowest BCUT2D eigenvalue weighted by Gasteiger charge is -2.22. The maximum absolute atomic E-state index is 12.0. The maximum atomic E-state index is 12.0. The molecule has 1 fully saturated rings. The molecular formula is C13H9BrN2O5. The molecule has 2 heterocycles. The van der Waals surface area contributed by atoms with Crippen LogP contribution >= 0.6 is 15.9 Å². The Morgan fingerprint density at radius 3 is 2.62 bits per heavy atom. The van der Waals surface area contributed by atoms with Crippen LogP contribution in [-0.2, 0) is 9.59 Å². The second-order valence-electron chi connectivity index (χ2n) is 4.41. The molecule has 0 saturated carbocycles. The molecule has 1 aromatic carbocycles. The van der Waals surface area contributed by atoms with E-state index in [4.69, 9.17) is 9.47 Å². The normalized spacial score (nSPS) is 19.2. The molecule has 0 aromatic heterocycles. The summed E-state index contributed by atoms with van der Waals surface area (Å²) in [4.78, 5) is 36.0. The molecule has 2 aliphatic rings. The first-order valence-electron chi connectivity index (χ1n) is 5.91. The van der Waals surface area contributed by atoms with Gasteiger partial charge >= 0.3 is 6.03 Å². The van der Waals surface area contributed by atoms with Gasteiger partial charge in [-0.2, -0.15) is 0 Å². The maximum Gasteiger partial charge on any atom is 0.331 e. The van der Waals surface area contributed by atoms with Crippen LogP contribution in [0.3, 0.4) is 0 Å². The average Bonchev–Trinajstić information content (AvgIpc) is 2.88. The molecule has 8 heteroatoms.